The Balaban J connectivity index is 2.00. The van der Waals surface area contributed by atoms with Gasteiger partial charge in [0.25, 0.3) is 5.91 Å². The lowest BCUT2D eigenvalue weighted by Gasteiger charge is -2.13. The molecule has 0 saturated heterocycles. The van der Waals surface area contributed by atoms with E-state index in [0.717, 1.165) is 0 Å². The van der Waals surface area contributed by atoms with Crippen molar-refractivity contribution in [3.05, 3.63) is 23.9 Å². The summed E-state index contributed by atoms with van der Waals surface area (Å²) in [6.45, 7) is 0.181. The number of anilines is 1. The number of nitrogens with one attached hydrogen (secondary N) is 1. The number of hydrogen-bond donors (Lipinski definition) is 2. The van der Waals surface area contributed by atoms with Gasteiger partial charge in [-0.1, -0.05) is 0 Å². The zero-order valence-electron chi connectivity index (χ0n) is 11.0. The van der Waals surface area contributed by atoms with Gasteiger partial charge in [0, 0.05) is 32.4 Å². The Morgan fingerprint density at radius 2 is 2.16 bits per heavy atom. The van der Waals surface area contributed by atoms with Gasteiger partial charge < -0.3 is 15.3 Å². The largest absolute Gasteiger partial charge is 0.481 e. The van der Waals surface area contributed by atoms with Gasteiger partial charge in [-0.3, -0.25) is 9.59 Å². The van der Waals surface area contributed by atoms with E-state index in [-0.39, 0.29) is 12.5 Å². The second-order valence-electron chi connectivity index (χ2n) is 5.07. The van der Waals surface area contributed by atoms with Crippen LogP contribution in [0.2, 0.25) is 0 Å². The Hall–Kier alpha value is -2.11. The van der Waals surface area contributed by atoms with Crippen LogP contribution in [0.5, 0.6) is 0 Å². The van der Waals surface area contributed by atoms with E-state index in [0.29, 0.717) is 24.2 Å². The molecule has 19 heavy (non-hydrogen) atoms. The normalized spacial score (nSPS) is 15.7. The zero-order valence-corrected chi connectivity index (χ0v) is 11.0. The molecule has 102 valence electrons. The second kappa shape index (κ2) is 4.87. The highest BCUT2D eigenvalue weighted by Crippen LogP contribution is 2.45. The lowest BCUT2D eigenvalue weighted by Crippen LogP contribution is -2.34. The Morgan fingerprint density at radius 1 is 1.47 bits per heavy atom. The summed E-state index contributed by atoms with van der Waals surface area (Å²) in [7, 11) is 3.68. The van der Waals surface area contributed by atoms with Crippen molar-refractivity contribution >= 4 is 17.7 Å². The minimum absolute atomic E-state index is 0.181. The topological polar surface area (TPSA) is 82.5 Å². The third-order valence-electron chi connectivity index (χ3n) is 3.36. The van der Waals surface area contributed by atoms with Gasteiger partial charge >= 0.3 is 5.97 Å². The maximum atomic E-state index is 12.0. The molecule has 1 saturated carbocycles. The number of carbonyl (C=O) groups excluding carboxylic acids is 1. The summed E-state index contributed by atoms with van der Waals surface area (Å²) >= 11 is 0. The van der Waals surface area contributed by atoms with Crippen LogP contribution in [0.15, 0.2) is 18.3 Å². The van der Waals surface area contributed by atoms with E-state index in [2.05, 4.69) is 10.3 Å². The molecular weight excluding hydrogens is 246 g/mol. The summed E-state index contributed by atoms with van der Waals surface area (Å²) in [6, 6.07) is 3.29. The highest BCUT2D eigenvalue weighted by atomic mass is 16.4. The fourth-order valence-electron chi connectivity index (χ4n) is 1.77. The molecular formula is C13H17N3O3. The zero-order chi connectivity index (χ0) is 14.0. The third kappa shape index (κ3) is 2.83. The highest BCUT2D eigenvalue weighted by molar-refractivity contribution is 5.95. The first-order valence-corrected chi connectivity index (χ1v) is 6.10. The molecule has 0 radical (unpaired) electrons. The number of nitrogens with zero attached hydrogens (tertiary/aromatic N) is 2. The van der Waals surface area contributed by atoms with Gasteiger partial charge in [-0.2, -0.15) is 0 Å². The molecule has 1 amide bonds. The van der Waals surface area contributed by atoms with Gasteiger partial charge in [0.2, 0.25) is 0 Å². The van der Waals surface area contributed by atoms with E-state index in [1.54, 1.807) is 23.2 Å². The molecule has 2 N–H and O–H groups in total. The second-order valence-corrected chi connectivity index (χ2v) is 5.07. The van der Waals surface area contributed by atoms with Gasteiger partial charge in [-0.15, -0.1) is 0 Å². The van der Waals surface area contributed by atoms with Gasteiger partial charge in [-0.05, 0) is 25.0 Å². The van der Waals surface area contributed by atoms with Crippen molar-refractivity contribution in [2.75, 3.05) is 25.5 Å². The lowest BCUT2D eigenvalue weighted by atomic mass is 10.1. The van der Waals surface area contributed by atoms with E-state index < -0.39 is 11.4 Å². The molecule has 1 fully saturated rings. The third-order valence-corrected chi connectivity index (χ3v) is 3.36. The summed E-state index contributed by atoms with van der Waals surface area (Å²) in [4.78, 5) is 28.9. The number of carboxylic acids is 1. The number of pyridine rings is 1. The summed E-state index contributed by atoms with van der Waals surface area (Å²) < 4.78 is 0. The van der Waals surface area contributed by atoms with Gasteiger partial charge in [-0.25, -0.2) is 4.98 Å². The van der Waals surface area contributed by atoms with Gasteiger partial charge in [0.15, 0.2) is 0 Å². The van der Waals surface area contributed by atoms with Crippen LogP contribution in [-0.2, 0) is 4.79 Å². The van der Waals surface area contributed by atoms with Gasteiger partial charge in [0.1, 0.15) is 5.82 Å². The maximum Gasteiger partial charge on any atom is 0.311 e. The van der Waals surface area contributed by atoms with E-state index >= 15 is 0 Å². The molecule has 1 aliphatic rings. The van der Waals surface area contributed by atoms with Crippen molar-refractivity contribution < 1.29 is 14.7 Å². The number of amides is 1. The molecule has 0 aromatic carbocycles. The summed E-state index contributed by atoms with van der Waals surface area (Å²) in [5.41, 5.74) is -0.257. The Labute approximate surface area is 111 Å². The van der Waals surface area contributed by atoms with E-state index in [1.165, 1.54) is 0 Å². The van der Waals surface area contributed by atoms with Crippen LogP contribution in [0, 0.1) is 5.41 Å². The molecule has 6 heteroatoms. The average Bonchev–Trinajstić information content (AvgIpc) is 3.17. The quantitative estimate of drug-likeness (QED) is 0.819. The fourth-order valence-corrected chi connectivity index (χ4v) is 1.77. The monoisotopic (exact) mass is 263 g/mol. The molecule has 1 heterocycles. The van der Waals surface area contributed by atoms with Crippen molar-refractivity contribution in [1.29, 1.82) is 0 Å². The Morgan fingerprint density at radius 3 is 2.68 bits per heavy atom. The molecule has 2 rings (SSSR count). The number of aromatic nitrogens is 1. The molecule has 1 aromatic rings. The van der Waals surface area contributed by atoms with E-state index in [1.807, 2.05) is 14.1 Å². The van der Waals surface area contributed by atoms with Crippen molar-refractivity contribution in [3.63, 3.8) is 0 Å². The number of rotatable bonds is 5. The van der Waals surface area contributed by atoms with Crippen molar-refractivity contribution in [2.45, 2.75) is 12.8 Å². The van der Waals surface area contributed by atoms with Crippen LogP contribution < -0.4 is 10.2 Å². The molecule has 1 aliphatic carbocycles. The molecule has 1 aromatic heterocycles. The first-order valence-electron chi connectivity index (χ1n) is 6.10. The minimum atomic E-state index is -0.837. The van der Waals surface area contributed by atoms with Gasteiger partial charge in [0.05, 0.1) is 5.41 Å². The SMILES string of the molecule is CN(C)c1cc(C(=O)NCC2(C(=O)O)CC2)ccn1. The summed E-state index contributed by atoms with van der Waals surface area (Å²) in [5.74, 6) is -0.415. The fraction of sp³-hybridized carbons (Fsp3) is 0.462. The molecule has 0 aliphatic heterocycles. The Kier molecular flexibility index (Phi) is 3.42. The van der Waals surface area contributed by atoms with Crippen LogP contribution >= 0.6 is 0 Å². The average molecular weight is 263 g/mol. The molecule has 0 spiro atoms. The first-order chi connectivity index (χ1) is 8.94. The highest BCUT2D eigenvalue weighted by Gasteiger charge is 2.50. The van der Waals surface area contributed by atoms with E-state index in [4.69, 9.17) is 5.11 Å². The van der Waals surface area contributed by atoms with Crippen molar-refractivity contribution in [1.82, 2.24) is 10.3 Å². The molecule has 0 bridgehead atoms. The Bertz CT molecular complexity index is 510. The maximum absolute atomic E-state index is 12.0. The predicted octanol–water partition coefficient (Wildman–Crippen LogP) is 0.742. The summed E-state index contributed by atoms with van der Waals surface area (Å²) in [5, 5.41) is 11.7. The number of hydrogen-bond acceptors (Lipinski definition) is 4. The predicted molar refractivity (Wildman–Crippen MR) is 70.2 cm³/mol. The first kappa shape index (κ1) is 13.3. The van der Waals surface area contributed by atoms with Crippen LogP contribution in [0.4, 0.5) is 5.82 Å². The number of aliphatic carboxylic acids is 1. The van der Waals surface area contributed by atoms with Crippen LogP contribution in [0.3, 0.4) is 0 Å². The molecule has 0 unspecified atom stereocenters. The van der Waals surface area contributed by atoms with Crippen LogP contribution in [0.1, 0.15) is 23.2 Å². The summed E-state index contributed by atoms with van der Waals surface area (Å²) in [6.07, 6.45) is 2.82. The van der Waals surface area contributed by atoms with E-state index in [9.17, 15) is 9.59 Å². The van der Waals surface area contributed by atoms with Crippen molar-refractivity contribution in [3.8, 4) is 0 Å². The van der Waals surface area contributed by atoms with Crippen LogP contribution in [0.25, 0.3) is 0 Å². The lowest BCUT2D eigenvalue weighted by molar-refractivity contribution is -0.143. The van der Waals surface area contributed by atoms with Crippen molar-refractivity contribution in [2.24, 2.45) is 5.41 Å². The number of carbonyl (C=O) groups is 2. The minimum Gasteiger partial charge on any atom is -0.481 e. The smallest absolute Gasteiger partial charge is 0.311 e. The van der Waals surface area contributed by atoms with Crippen LogP contribution in [-0.4, -0.2) is 42.6 Å². The molecule has 0 atom stereocenters. The standard InChI is InChI=1S/C13H17N3O3/c1-16(2)10-7-9(3-6-14-10)11(17)15-8-13(4-5-13)12(18)19/h3,6-7H,4-5,8H2,1-2H3,(H,15,17)(H,18,19). The molecule has 6 nitrogen and oxygen atoms in total. The number of carboxylic acid groups (broad SMARTS) is 1.